The maximum atomic E-state index is 12.6. The Morgan fingerprint density at radius 1 is 1.14 bits per heavy atom. The van der Waals surface area contributed by atoms with Crippen LogP contribution in [0.5, 0.6) is 0 Å². The predicted molar refractivity (Wildman–Crippen MR) is 74.2 cm³/mol. The third-order valence-corrected chi connectivity index (χ3v) is 4.21. The van der Waals surface area contributed by atoms with E-state index in [2.05, 4.69) is 25.6 Å². The monoisotopic (exact) mass is 380 g/mol. The SMILES string of the molecule is O=S(=O)(Nc1cccc(C(F)(F)F)c1)c1cncc(Br)c1. The predicted octanol–water partition coefficient (Wildman–Crippen LogP) is 3.66. The Hall–Kier alpha value is -1.61. The number of aromatic nitrogens is 1. The minimum atomic E-state index is -4.54. The third kappa shape index (κ3) is 3.94. The lowest BCUT2D eigenvalue weighted by Gasteiger charge is -2.11. The molecule has 0 saturated carbocycles. The van der Waals surface area contributed by atoms with Crippen molar-refractivity contribution in [2.75, 3.05) is 4.72 Å². The zero-order valence-electron chi connectivity index (χ0n) is 10.2. The molecule has 112 valence electrons. The first-order chi connectivity index (χ1) is 9.68. The number of hydrogen-bond donors (Lipinski definition) is 1. The van der Waals surface area contributed by atoms with Crippen molar-refractivity contribution in [2.24, 2.45) is 0 Å². The molecule has 2 rings (SSSR count). The summed E-state index contributed by atoms with van der Waals surface area (Å²) in [5.74, 6) is 0. The van der Waals surface area contributed by atoms with E-state index in [1.165, 1.54) is 18.3 Å². The molecule has 0 atom stereocenters. The van der Waals surface area contributed by atoms with Gasteiger partial charge in [0.25, 0.3) is 10.0 Å². The quantitative estimate of drug-likeness (QED) is 0.883. The minimum absolute atomic E-state index is 0.158. The molecule has 4 nitrogen and oxygen atoms in total. The van der Waals surface area contributed by atoms with E-state index in [9.17, 15) is 21.6 Å². The minimum Gasteiger partial charge on any atom is -0.280 e. The first kappa shape index (κ1) is 15.8. The molecule has 1 aromatic carbocycles. The lowest BCUT2D eigenvalue weighted by Crippen LogP contribution is -2.14. The number of benzene rings is 1. The van der Waals surface area contributed by atoms with Crippen LogP contribution < -0.4 is 4.72 Å². The molecule has 0 aliphatic rings. The maximum Gasteiger partial charge on any atom is 0.416 e. The summed E-state index contributed by atoms with van der Waals surface area (Å²) in [5, 5.41) is 0. The van der Waals surface area contributed by atoms with Crippen LogP contribution in [-0.4, -0.2) is 13.4 Å². The number of nitrogens with zero attached hydrogens (tertiary/aromatic N) is 1. The van der Waals surface area contributed by atoms with Crippen LogP contribution in [0.3, 0.4) is 0 Å². The van der Waals surface area contributed by atoms with Crippen molar-refractivity contribution in [3.63, 3.8) is 0 Å². The lowest BCUT2D eigenvalue weighted by molar-refractivity contribution is -0.137. The van der Waals surface area contributed by atoms with E-state index in [1.807, 2.05) is 0 Å². The van der Waals surface area contributed by atoms with Crippen LogP contribution >= 0.6 is 15.9 Å². The van der Waals surface area contributed by atoms with Crippen molar-refractivity contribution in [1.82, 2.24) is 4.98 Å². The normalized spacial score (nSPS) is 12.2. The average Bonchev–Trinajstić information content (AvgIpc) is 2.37. The van der Waals surface area contributed by atoms with Crippen LogP contribution in [0.25, 0.3) is 0 Å². The van der Waals surface area contributed by atoms with Crippen molar-refractivity contribution in [3.8, 4) is 0 Å². The Bertz CT molecular complexity index is 763. The Morgan fingerprint density at radius 3 is 2.48 bits per heavy atom. The first-order valence-electron chi connectivity index (χ1n) is 5.49. The molecule has 9 heteroatoms. The van der Waals surface area contributed by atoms with Crippen LogP contribution in [0.2, 0.25) is 0 Å². The van der Waals surface area contributed by atoms with Gasteiger partial charge in [-0.25, -0.2) is 8.42 Å². The van der Waals surface area contributed by atoms with Crippen LogP contribution in [0.15, 0.2) is 52.1 Å². The summed E-state index contributed by atoms with van der Waals surface area (Å²) in [6.45, 7) is 0. The molecule has 1 aromatic heterocycles. The number of hydrogen-bond acceptors (Lipinski definition) is 3. The molecule has 1 heterocycles. The largest absolute Gasteiger partial charge is 0.416 e. The van der Waals surface area contributed by atoms with E-state index in [4.69, 9.17) is 0 Å². The van der Waals surface area contributed by atoms with Gasteiger partial charge in [-0.3, -0.25) is 9.71 Å². The van der Waals surface area contributed by atoms with Gasteiger partial charge in [-0.2, -0.15) is 13.2 Å². The van der Waals surface area contributed by atoms with E-state index < -0.39 is 21.8 Å². The highest BCUT2D eigenvalue weighted by Crippen LogP contribution is 2.31. The number of rotatable bonds is 3. The van der Waals surface area contributed by atoms with Crippen molar-refractivity contribution < 1.29 is 21.6 Å². The molecular formula is C12H8BrF3N2O2S. The molecule has 1 N–H and O–H groups in total. The summed E-state index contributed by atoms with van der Waals surface area (Å²) in [4.78, 5) is 3.54. The molecule has 21 heavy (non-hydrogen) atoms. The number of nitrogens with one attached hydrogen (secondary N) is 1. The molecule has 0 bridgehead atoms. The second-order valence-corrected chi connectivity index (χ2v) is 6.62. The van der Waals surface area contributed by atoms with Crippen molar-refractivity contribution >= 4 is 31.6 Å². The summed E-state index contributed by atoms with van der Waals surface area (Å²) in [6.07, 6.45) is -2.05. The number of sulfonamides is 1. The molecule has 0 fully saturated rings. The molecular weight excluding hydrogens is 373 g/mol. The van der Waals surface area contributed by atoms with Gasteiger partial charge in [0.15, 0.2) is 0 Å². The second kappa shape index (κ2) is 5.64. The molecule has 0 saturated heterocycles. The third-order valence-electron chi connectivity index (χ3n) is 2.43. The smallest absolute Gasteiger partial charge is 0.280 e. The standard InChI is InChI=1S/C12H8BrF3N2O2S/c13-9-5-11(7-17-6-9)21(19,20)18-10-3-1-2-8(4-10)12(14,15)16/h1-7,18H. The molecule has 0 unspecified atom stereocenters. The number of halogens is 4. The first-order valence-corrected chi connectivity index (χ1v) is 7.77. The van der Waals surface area contributed by atoms with Gasteiger partial charge in [0.2, 0.25) is 0 Å². The van der Waals surface area contributed by atoms with E-state index in [0.29, 0.717) is 4.47 Å². The van der Waals surface area contributed by atoms with Gasteiger partial charge < -0.3 is 0 Å². The fourth-order valence-electron chi connectivity index (χ4n) is 1.51. The zero-order valence-corrected chi connectivity index (χ0v) is 12.6. The fraction of sp³-hybridized carbons (Fsp3) is 0.0833. The maximum absolute atomic E-state index is 12.6. The van der Waals surface area contributed by atoms with Crippen molar-refractivity contribution in [3.05, 3.63) is 52.8 Å². The highest BCUT2D eigenvalue weighted by molar-refractivity contribution is 9.10. The van der Waals surface area contributed by atoms with Crippen LogP contribution in [0.4, 0.5) is 18.9 Å². The molecule has 0 aliphatic carbocycles. The topological polar surface area (TPSA) is 59.1 Å². The lowest BCUT2D eigenvalue weighted by atomic mass is 10.2. The Kier molecular flexibility index (Phi) is 4.24. The highest BCUT2D eigenvalue weighted by atomic mass is 79.9. The van der Waals surface area contributed by atoms with Crippen molar-refractivity contribution in [2.45, 2.75) is 11.1 Å². The number of alkyl halides is 3. The Labute approximate surface area is 127 Å². The summed E-state index contributed by atoms with van der Waals surface area (Å²) in [6, 6.07) is 5.24. The molecule has 0 spiro atoms. The molecule has 0 radical (unpaired) electrons. The summed E-state index contributed by atoms with van der Waals surface area (Å²) in [7, 11) is -4.01. The number of anilines is 1. The Morgan fingerprint density at radius 2 is 1.86 bits per heavy atom. The fourth-order valence-corrected chi connectivity index (χ4v) is 3.07. The van der Waals surface area contributed by atoms with Crippen LogP contribution in [0.1, 0.15) is 5.56 Å². The highest BCUT2D eigenvalue weighted by Gasteiger charge is 2.30. The summed E-state index contributed by atoms with van der Waals surface area (Å²) >= 11 is 3.07. The Balaban J connectivity index is 2.33. The van der Waals surface area contributed by atoms with Crippen molar-refractivity contribution in [1.29, 1.82) is 0 Å². The molecule has 0 amide bonds. The van der Waals surface area contributed by atoms with Gasteiger partial charge in [0.1, 0.15) is 4.90 Å². The van der Waals surface area contributed by atoms with Gasteiger partial charge >= 0.3 is 6.18 Å². The number of pyridine rings is 1. The van der Waals surface area contributed by atoms with Gasteiger partial charge in [0.05, 0.1) is 5.56 Å². The zero-order chi connectivity index (χ0) is 15.7. The van der Waals surface area contributed by atoms with E-state index in [-0.39, 0.29) is 10.6 Å². The van der Waals surface area contributed by atoms with E-state index >= 15 is 0 Å². The van der Waals surface area contributed by atoms with Gasteiger partial charge in [-0.1, -0.05) is 6.07 Å². The summed E-state index contributed by atoms with van der Waals surface area (Å²) < 4.78 is 64.4. The van der Waals surface area contributed by atoms with E-state index in [0.717, 1.165) is 24.4 Å². The van der Waals surface area contributed by atoms with E-state index in [1.54, 1.807) is 0 Å². The van der Waals surface area contributed by atoms with Gasteiger partial charge in [-0.15, -0.1) is 0 Å². The average molecular weight is 381 g/mol. The van der Waals surface area contributed by atoms with Gasteiger partial charge in [-0.05, 0) is 40.2 Å². The summed E-state index contributed by atoms with van der Waals surface area (Å²) in [5.41, 5.74) is -1.11. The molecule has 2 aromatic rings. The van der Waals surface area contributed by atoms with Crippen LogP contribution in [0, 0.1) is 0 Å². The van der Waals surface area contributed by atoms with Crippen LogP contribution in [-0.2, 0) is 16.2 Å². The second-order valence-electron chi connectivity index (χ2n) is 4.02. The van der Waals surface area contributed by atoms with Gasteiger partial charge in [0, 0.05) is 22.6 Å². The molecule has 0 aliphatic heterocycles.